The lowest BCUT2D eigenvalue weighted by molar-refractivity contribution is -0.141. The van der Waals surface area contributed by atoms with Gasteiger partial charge in [-0.1, -0.05) is 13.8 Å². The van der Waals surface area contributed by atoms with Crippen molar-refractivity contribution in [1.29, 1.82) is 0 Å². The Bertz CT molecular complexity index is 507. The Balaban J connectivity index is 2.26. The van der Waals surface area contributed by atoms with Gasteiger partial charge in [-0.3, -0.25) is 9.48 Å². The van der Waals surface area contributed by atoms with E-state index in [-0.39, 0.29) is 11.8 Å². The summed E-state index contributed by atoms with van der Waals surface area (Å²) in [5, 5.41) is 13.4. The number of aromatic nitrogens is 2. The van der Waals surface area contributed by atoms with Crippen LogP contribution in [0.25, 0.3) is 0 Å². The summed E-state index contributed by atoms with van der Waals surface area (Å²) in [6.07, 6.45) is 1.26. The summed E-state index contributed by atoms with van der Waals surface area (Å²) < 4.78 is 1.54. The van der Waals surface area contributed by atoms with E-state index in [4.69, 9.17) is 5.11 Å². The van der Waals surface area contributed by atoms with Gasteiger partial charge in [0.25, 0.3) is 5.91 Å². The molecule has 104 valence electrons. The molecule has 0 aromatic carbocycles. The minimum absolute atomic E-state index is 0.238. The van der Waals surface area contributed by atoms with Gasteiger partial charge in [-0.15, -0.1) is 0 Å². The average Bonchev–Trinajstić information content (AvgIpc) is 2.93. The zero-order valence-corrected chi connectivity index (χ0v) is 11.5. The number of carboxylic acid groups (broad SMARTS) is 1. The number of aryl methyl sites for hydroxylation is 1. The highest BCUT2D eigenvalue weighted by molar-refractivity contribution is 5.95. The maximum atomic E-state index is 12.4. The highest BCUT2D eigenvalue weighted by Gasteiger charge is 2.35. The maximum Gasteiger partial charge on any atom is 0.326 e. The highest BCUT2D eigenvalue weighted by Crippen LogP contribution is 2.22. The van der Waals surface area contributed by atoms with Gasteiger partial charge in [-0.25, -0.2) is 4.79 Å². The zero-order chi connectivity index (χ0) is 14.2. The summed E-state index contributed by atoms with van der Waals surface area (Å²) >= 11 is 0. The van der Waals surface area contributed by atoms with Crippen LogP contribution in [0.5, 0.6) is 0 Å². The number of carbonyl (C=O) groups is 2. The molecule has 1 aliphatic rings. The van der Waals surface area contributed by atoms with Crippen molar-refractivity contribution in [2.45, 2.75) is 38.6 Å². The van der Waals surface area contributed by atoms with Crippen LogP contribution in [0, 0.1) is 0 Å². The Morgan fingerprint density at radius 3 is 2.68 bits per heavy atom. The molecule has 1 aromatic heterocycles. The summed E-state index contributed by atoms with van der Waals surface area (Å²) in [6, 6.07) is 1.05. The molecule has 2 heterocycles. The predicted molar refractivity (Wildman–Crippen MR) is 69.0 cm³/mol. The van der Waals surface area contributed by atoms with E-state index < -0.39 is 12.0 Å². The minimum Gasteiger partial charge on any atom is -0.480 e. The van der Waals surface area contributed by atoms with E-state index >= 15 is 0 Å². The van der Waals surface area contributed by atoms with E-state index in [0.29, 0.717) is 18.7 Å². The van der Waals surface area contributed by atoms with Crippen molar-refractivity contribution in [2.24, 2.45) is 7.05 Å². The molecule has 0 bridgehead atoms. The van der Waals surface area contributed by atoms with Crippen molar-refractivity contribution in [2.75, 3.05) is 6.54 Å². The molecule has 1 aromatic rings. The van der Waals surface area contributed by atoms with E-state index in [1.165, 1.54) is 9.58 Å². The first-order valence-corrected chi connectivity index (χ1v) is 6.49. The van der Waals surface area contributed by atoms with Crippen LogP contribution in [0.15, 0.2) is 6.07 Å². The smallest absolute Gasteiger partial charge is 0.326 e. The van der Waals surface area contributed by atoms with Gasteiger partial charge in [0.2, 0.25) is 0 Å². The van der Waals surface area contributed by atoms with Crippen molar-refractivity contribution in [3.8, 4) is 0 Å². The topological polar surface area (TPSA) is 75.4 Å². The van der Waals surface area contributed by atoms with Crippen LogP contribution in [-0.2, 0) is 11.8 Å². The normalized spacial score (nSPS) is 19.2. The minimum atomic E-state index is -0.933. The number of carboxylic acids is 1. The van der Waals surface area contributed by atoms with Crippen molar-refractivity contribution in [3.63, 3.8) is 0 Å². The first kappa shape index (κ1) is 13.6. The number of nitrogens with zero attached hydrogens (tertiary/aromatic N) is 3. The largest absolute Gasteiger partial charge is 0.480 e. The molecule has 1 saturated heterocycles. The summed E-state index contributed by atoms with van der Waals surface area (Å²) in [6.45, 7) is 4.51. The summed E-state index contributed by atoms with van der Waals surface area (Å²) in [5.41, 5.74) is 1.30. The van der Waals surface area contributed by atoms with Gasteiger partial charge >= 0.3 is 5.97 Å². The number of amides is 1. The third-order valence-electron chi connectivity index (χ3n) is 3.51. The molecule has 6 heteroatoms. The molecule has 1 atom stereocenters. The molecule has 1 aliphatic heterocycles. The second kappa shape index (κ2) is 5.03. The molecule has 2 rings (SSSR count). The maximum absolute atomic E-state index is 12.4. The van der Waals surface area contributed by atoms with Crippen LogP contribution in [-0.4, -0.2) is 44.3 Å². The highest BCUT2D eigenvalue weighted by atomic mass is 16.4. The van der Waals surface area contributed by atoms with Crippen molar-refractivity contribution >= 4 is 11.9 Å². The molecule has 0 aliphatic carbocycles. The Morgan fingerprint density at radius 2 is 2.16 bits per heavy atom. The Kier molecular flexibility index (Phi) is 3.59. The third kappa shape index (κ3) is 2.47. The summed E-state index contributed by atoms with van der Waals surface area (Å²) in [7, 11) is 1.71. The second-order valence-electron chi connectivity index (χ2n) is 5.23. The molecule has 0 unspecified atom stereocenters. The van der Waals surface area contributed by atoms with E-state index in [9.17, 15) is 9.59 Å². The fraction of sp³-hybridized carbons (Fsp3) is 0.615. The molecule has 0 radical (unpaired) electrons. The summed E-state index contributed by atoms with van der Waals surface area (Å²) in [4.78, 5) is 25.0. The number of rotatable bonds is 3. The molecule has 1 N–H and O–H groups in total. The average molecular weight is 265 g/mol. The van der Waals surface area contributed by atoms with E-state index in [1.54, 1.807) is 13.1 Å². The molecule has 1 amide bonds. The van der Waals surface area contributed by atoms with Gasteiger partial charge < -0.3 is 10.0 Å². The van der Waals surface area contributed by atoms with Gasteiger partial charge in [0, 0.05) is 13.6 Å². The van der Waals surface area contributed by atoms with E-state index in [0.717, 1.165) is 12.1 Å². The molecular formula is C13H19N3O3. The molecule has 0 spiro atoms. The van der Waals surface area contributed by atoms with Gasteiger partial charge in [-0.05, 0) is 24.8 Å². The lowest BCUT2D eigenvalue weighted by Crippen LogP contribution is -2.41. The van der Waals surface area contributed by atoms with Crippen LogP contribution in [0.4, 0.5) is 0 Å². The number of likely N-dealkylation sites (tertiary alicyclic amines) is 1. The number of carbonyl (C=O) groups excluding carboxylic acids is 1. The molecular weight excluding hydrogens is 246 g/mol. The zero-order valence-electron chi connectivity index (χ0n) is 11.5. The van der Waals surface area contributed by atoms with E-state index in [1.807, 2.05) is 13.8 Å². The lowest BCUT2D eigenvalue weighted by atomic mass is 10.1. The quantitative estimate of drug-likeness (QED) is 0.892. The van der Waals surface area contributed by atoms with Crippen molar-refractivity contribution < 1.29 is 14.7 Å². The second-order valence-corrected chi connectivity index (χ2v) is 5.23. The third-order valence-corrected chi connectivity index (χ3v) is 3.51. The van der Waals surface area contributed by atoms with Gasteiger partial charge in [0.1, 0.15) is 11.7 Å². The van der Waals surface area contributed by atoms with Gasteiger partial charge in [-0.2, -0.15) is 5.10 Å². The summed E-state index contributed by atoms with van der Waals surface area (Å²) in [5.74, 6) is -0.939. The van der Waals surface area contributed by atoms with Crippen LogP contribution in [0.1, 0.15) is 48.8 Å². The Labute approximate surface area is 112 Å². The molecule has 19 heavy (non-hydrogen) atoms. The Morgan fingerprint density at radius 1 is 1.47 bits per heavy atom. The molecule has 6 nitrogen and oxygen atoms in total. The number of aliphatic carboxylic acids is 1. The van der Waals surface area contributed by atoms with Crippen LogP contribution in [0.2, 0.25) is 0 Å². The first-order chi connectivity index (χ1) is 8.91. The van der Waals surface area contributed by atoms with Crippen LogP contribution >= 0.6 is 0 Å². The molecule has 0 saturated carbocycles. The monoisotopic (exact) mass is 265 g/mol. The fourth-order valence-electron chi connectivity index (χ4n) is 2.39. The lowest BCUT2D eigenvalue weighted by Gasteiger charge is -2.21. The van der Waals surface area contributed by atoms with Gasteiger partial charge in [0.05, 0.1) is 5.69 Å². The van der Waals surface area contributed by atoms with Crippen LogP contribution in [0.3, 0.4) is 0 Å². The van der Waals surface area contributed by atoms with Crippen molar-refractivity contribution in [3.05, 3.63) is 17.5 Å². The standard InChI is InChI=1S/C13H19N3O3/c1-8(2)9-7-11(15(3)14-9)12(17)16-6-4-5-10(16)13(18)19/h7-8,10H,4-6H2,1-3H3,(H,18,19)/t10-/m1/s1. The number of hydrogen-bond acceptors (Lipinski definition) is 3. The van der Waals surface area contributed by atoms with Gasteiger partial charge in [0.15, 0.2) is 0 Å². The van der Waals surface area contributed by atoms with Crippen molar-refractivity contribution in [1.82, 2.24) is 14.7 Å². The first-order valence-electron chi connectivity index (χ1n) is 6.49. The molecule has 1 fully saturated rings. The Hall–Kier alpha value is -1.85. The predicted octanol–water partition coefficient (Wildman–Crippen LogP) is 1.23. The SMILES string of the molecule is CC(C)c1cc(C(=O)N2CCC[C@@H]2C(=O)O)n(C)n1. The van der Waals surface area contributed by atoms with Crippen LogP contribution < -0.4 is 0 Å². The fourth-order valence-corrected chi connectivity index (χ4v) is 2.39. The van der Waals surface area contributed by atoms with E-state index in [2.05, 4.69) is 5.10 Å². The number of hydrogen-bond donors (Lipinski definition) is 1.